The molecular weight excluding hydrogens is 386 g/mol. The number of amides is 1. The summed E-state index contributed by atoms with van der Waals surface area (Å²) in [5.74, 6) is -0.424. The molecule has 2 aromatic rings. The third-order valence-corrected chi connectivity index (χ3v) is 4.20. The van der Waals surface area contributed by atoms with Crippen molar-refractivity contribution >= 4 is 68.0 Å². The van der Waals surface area contributed by atoms with Gasteiger partial charge in [-0.05, 0) is 46.3 Å². The van der Waals surface area contributed by atoms with Crippen LogP contribution in [0.1, 0.15) is 10.4 Å². The van der Waals surface area contributed by atoms with Crippen LogP contribution in [0, 0.1) is 0 Å². The van der Waals surface area contributed by atoms with Crippen LogP contribution in [-0.4, -0.2) is 5.91 Å². The van der Waals surface area contributed by atoms with Crippen LogP contribution in [0.4, 0.5) is 11.4 Å². The standard InChI is InChI=1S/C13H8BrCl3N2O/c14-9-2-1-6(15)3-11(9)19-13(20)8-4-7(18)5-10(16)12(8)17/h1-5H,18H2,(H,19,20). The Morgan fingerprint density at radius 2 is 1.85 bits per heavy atom. The van der Waals surface area contributed by atoms with Crippen LogP contribution in [0.3, 0.4) is 0 Å². The highest BCUT2D eigenvalue weighted by Gasteiger charge is 2.15. The molecule has 0 aliphatic heterocycles. The summed E-state index contributed by atoms with van der Waals surface area (Å²) in [5, 5.41) is 3.57. The number of nitrogens with one attached hydrogen (secondary N) is 1. The van der Waals surface area contributed by atoms with Gasteiger partial charge in [-0.15, -0.1) is 0 Å². The summed E-state index contributed by atoms with van der Waals surface area (Å²) < 4.78 is 0.696. The van der Waals surface area contributed by atoms with E-state index < -0.39 is 5.91 Å². The molecule has 0 aromatic heterocycles. The van der Waals surface area contributed by atoms with E-state index in [0.29, 0.717) is 20.9 Å². The van der Waals surface area contributed by atoms with Crippen molar-refractivity contribution in [1.29, 1.82) is 0 Å². The van der Waals surface area contributed by atoms with Crippen LogP contribution in [0.25, 0.3) is 0 Å². The number of halogens is 4. The van der Waals surface area contributed by atoms with E-state index in [9.17, 15) is 4.79 Å². The molecule has 1 amide bonds. The summed E-state index contributed by atoms with van der Waals surface area (Å²) in [6.45, 7) is 0. The Balaban J connectivity index is 2.35. The minimum atomic E-state index is -0.424. The van der Waals surface area contributed by atoms with E-state index in [1.807, 2.05) is 0 Å². The minimum Gasteiger partial charge on any atom is -0.399 e. The fourth-order valence-electron chi connectivity index (χ4n) is 1.56. The molecular formula is C13H8BrCl3N2O. The molecule has 2 rings (SSSR count). The molecule has 104 valence electrons. The highest BCUT2D eigenvalue weighted by atomic mass is 79.9. The predicted octanol–water partition coefficient (Wildman–Crippen LogP) is 5.24. The molecule has 0 atom stereocenters. The van der Waals surface area contributed by atoms with Crippen LogP contribution in [0.15, 0.2) is 34.8 Å². The maximum atomic E-state index is 12.2. The average Bonchev–Trinajstić information content (AvgIpc) is 2.38. The second-order valence-corrected chi connectivity index (χ2v) is 6.02. The van der Waals surface area contributed by atoms with Gasteiger partial charge in [-0.1, -0.05) is 34.8 Å². The van der Waals surface area contributed by atoms with Crippen molar-refractivity contribution in [2.24, 2.45) is 0 Å². The highest BCUT2D eigenvalue weighted by Crippen LogP contribution is 2.31. The summed E-state index contributed by atoms with van der Waals surface area (Å²) in [4.78, 5) is 12.2. The van der Waals surface area contributed by atoms with Gasteiger partial charge in [-0.3, -0.25) is 4.79 Å². The monoisotopic (exact) mass is 392 g/mol. The molecule has 7 heteroatoms. The van der Waals surface area contributed by atoms with Crippen molar-refractivity contribution in [2.75, 3.05) is 11.1 Å². The van der Waals surface area contributed by atoms with Gasteiger partial charge >= 0.3 is 0 Å². The maximum Gasteiger partial charge on any atom is 0.257 e. The first-order valence-electron chi connectivity index (χ1n) is 5.39. The Hall–Kier alpha value is -0.940. The Morgan fingerprint density at radius 1 is 1.15 bits per heavy atom. The van der Waals surface area contributed by atoms with Gasteiger partial charge in [0.25, 0.3) is 5.91 Å². The van der Waals surface area contributed by atoms with Crippen molar-refractivity contribution in [3.8, 4) is 0 Å². The second kappa shape index (κ2) is 6.22. The molecule has 2 aromatic carbocycles. The normalized spacial score (nSPS) is 10.4. The Bertz CT molecular complexity index is 692. The summed E-state index contributed by atoms with van der Waals surface area (Å²) in [7, 11) is 0. The topological polar surface area (TPSA) is 55.1 Å². The van der Waals surface area contributed by atoms with Crippen LogP contribution in [0.2, 0.25) is 15.1 Å². The van der Waals surface area contributed by atoms with E-state index in [1.54, 1.807) is 18.2 Å². The third kappa shape index (κ3) is 3.38. The molecule has 0 aliphatic rings. The molecule has 0 saturated heterocycles. The van der Waals surface area contributed by atoms with Crippen LogP contribution < -0.4 is 11.1 Å². The van der Waals surface area contributed by atoms with Crippen molar-refractivity contribution in [1.82, 2.24) is 0 Å². The van der Waals surface area contributed by atoms with Crippen molar-refractivity contribution in [3.63, 3.8) is 0 Å². The third-order valence-electron chi connectivity index (χ3n) is 2.47. The van der Waals surface area contributed by atoms with Gasteiger partial charge in [0.05, 0.1) is 21.3 Å². The van der Waals surface area contributed by atoms with Gasteiger partial charge in [0.15, 0.2) is 0 Å². The lowest BCUT2D eigenvalue weighted by Crippen LogP contribution is -2.13. The maximum absolute atomic E-state index is 12.2. The summed E-state index contributed by atoms with van der Waals surface area (Å²) in [6, 6.07) is 7.99. The van der Waals surface area contributed by atoms with E-state index in [2.05, 4.69) is 21.2 Å². The summed E-state index contributed by atoms with van der Waals surface area (Å²) >= 11 is 21.1. The first-order valence-corrected chi connectivity index (χ1v) is 7.32. The molecule has 0 spiro atoms. The lowest BCUT2D eigenvalue weighted by molar-refractivity contribution is 0.102. The van der Waals surface area contributed by atoms with Gasteiger partial charge in [0.2, 0.25) is 0 Å². The average molecular weight is 394 g/mol. The molecule has 0 aliphatic carbocycles. The number of nitrogen functional groups attached to an aromatic ring is 1. The molecule has 3 N–H and O–H groups in total. The molecule has 0 unspecified atom stereocenters. The summed E-state index contributed by atoms with van der Waals surface area (Å²) in [6.07, 6.45) is 0. The molecule has 3 nitrogen and oxygen atoms in total. The fraction of sp³-hybridized carbons (Fsp3) is 0. The Kier molecular flexibility index (Phi) is 4.81. The zero-order valence-electron chi connectivity index (χ0n) is 9.88. The van der Waals surface area contributed by atoms with Gasteiger partial charge in [-0.25, -0.2) is 0 Å². The van der Waals surface area contributed by atoms with E-state index in [4.69, 9.17) is 40.5 Å². The lowest BCUT2D eigenvalue weighted by atomic mass is 10.2. The molecule has 0 heterocycles. The second-order valence-electron chi connectivity index (χ2n) is 3.94. The number of nitrogens with two attached hydrogens (primary N) is 1. The number of hydrogen-bond donors (Lipinski definition) is 2. The minimum absolute atomic E-state index is 0.150. The predicted molar refractivity (Wildman–Crippen MR) is 88.0 cm³/mol. The summed E-state index contributed by atoms with van der Waals surface area (Å²) in [5.41, 5.74) is 6.74. The first-order chi connectivity index (χ1) is 9.38. The zero-order valence-corrected chi connectivity index (χ0v) is 13.7. The SMILES string of the molecule is Nc1cc(Cl)c(Cl)c(C(=O)Nc2cc(Cl)ccc2Br)c1. The van der Waals surface area contributed by atoms with Crippen LogP contribution in [0.5, 0.6) is 0 Å². The molecule has 0 fully saturated rings. The number of rotatable bonds is 2. The zero-order chi connectivity index (χ0) is 14.9. The van der Waals surface area contributed by atoms with E-state index in [0.717, 1.165) is 0 Å². The van der Waals surface area contributed by atoms with Crippen LogP contribution in [-0.2, 0) is 0 Å². The van der Waals surface area contributed by atoms with Crippen molar-refractivity contribution < 1.29 is 4.79 Å². The van der Waals surface area contributed by atoms with Gasteiger partial charge in [-0.2, -0.15) is 0 Å². The van der Waals surface area contributed by atoms with Crippen molar-refractivity contribution in [2.45, 2.75) is 0 Å². The first kappa shape index (κ1) is 15.4. The Morgan fingerprint density at radius 3 is 2.55 bits per heavy atom. The van der Waals surface area contributed by atoms with Gasteiger partial charge in [0, 0.05) is 15.2 Å². The largest absolute Gasteiger partial charge is 0.399 e. The van der Waals surface area contributed by atoms with Gasteiger partial charge in [0.1, 0.15) is 0 Å². The smallest absolute Gasteiger partial charge is 0.257 e. The molecule has 0 saturated carbocycles. The number of carbonyl (C=O) groups is 1. The van der Waals surface area contributed by atoms with Crippen LogP contribution >= 0.6 is 50.7 Å². The lowest BCUT2D eigenvalue weighted by Gasteiger charge is -2.10. The van der Waals surface area contributed by atoms with Crippen molar-refractivity contribution in [3.05, 3.63) is 55.4 Å². The number of carbonyl (C=O) groups excluding carboxylic acids is 1. The van der Waals surface area contributed by atoms with Gasteiger partial charge < -0.3 is 11.1 Å². The molecule has 20 heavy (non-hydrogen) atoms. The fourth-order valence-corrected chi connectivity index (χ4v) is 2.50. The Labute approximate surface area is 139 Å². The highest BCUT2D eigenvalue weighted by molar-refractivity contribution is 9.10. The van der Waals surface area contributed by atoms with E-state index >= 15 is 0 Å². The quantitative estimate of drug-likeness (QED) is 0.684. The number of benzene rings is 2. The molecule has 0 bridgehead atoms. The van der Waals surface area contributed by atoms with E-state index in [-0.39, 0.29) is 15.6 Å². The van der Waals surface area contributed by atoms with E-state index in [1.165, 1.54) is 12.1 Å². The molecule has 0 radical (unpaired) electrons. The number of anilines is 2. The number of hydrogen-bond acceptors (Lipinski definition) is 2.